The molecule has 1 unspecified atom stereocenters. The zero-order valence-corrected chi connectivity index (χ0v) is 11.0. The Balaban J connectivity index is 1.65. The van der Waals surface area contributed by atoms with Crippen LogP contribution in [0.2, 0.25) is 0 Å². The van der Waals surface area contributed by atoms with Crippen LogP contribution in [-0.4, -0.2) is 30.6 Å². The zero-order valence-electron chi connectivity index (χ0n) is 11.0. The van der Waals surface area contributed by atoms with Crippen molar-refractivity contribution in [2.24, 2.45) is 5.92 Å². The number of nitrogens with zero attached hydrogens (tertiary/aromatic N) is 1. The van der Waals surface area contributed by atoms with Crippen molar-refractivity contribution in [1.82, 2.24) is 10.2 Å². The van der Waals surface area contributed by atoms with Gasteiger partial charge in [-0.2, -0.15) is 0 Å². The van der Waals surface area contributed by atoms with Gasteiger partial charge in [0.2, 0.25) is 0 Å². The van der Waals surface area contributed by atoms with E-state index in [1.54, 1.807) is 6.26 Å². The van der Waals surface area contributed by atoms with Crippen LogP contribution in [0, 0.1) is 5.92 Å². The summed E-state index contributed by atoms with van der Waals surface area (Å²) < 4.78 is 5.30. The van der Waals surface area contributed by atoms with Gasteiger partial charge in [0.1, 0.15) is 5.76 Å². The Morgan fingerprint density at radius 3 is 2.88 bits per heavy atom. The van der Waals surface area contributed by atoms with Crippen molar-refractivity contribution in [1.29, 1.82) is 0 Å². The van der Waals surface area contributed by atoms with Crippen LogP contribution in [0.1, 0.15) is 32.4 Å². The van der Waals surface area contributed by atoms with E-state index >= 15 is 0 Å². The molecular formula is C14H24N2O. The molecule has 0 spiro atoms. The molecule has 0 aromatic carbocycles. The van der Waals surface area contributed by atoms with Gasteiger partial charge < -0.3 is 9.73 Å². The lowest BCUT2D eigenvalue weighted by molar-refractivity contribution is 0.144. The largest absolute Gasteiger partial charge is 0.468 e. The third kappa shape index (κ3) is 3.86. The van der Waals surface area contributed by atoms with Crippen LogP contribution in [-0.2, 0) is 6.54 Å². The van der Waals surface area contributed by atoms with Gasteiger partial charge in [-0.3, -0.25) is 4.90 Å². The Kier molecular flexibility index (Phi) is 4.63. The highest BCUT2D eigenvalue weighted by molar-refractivity contribution is 4.97. The SMILES string of the molecule is CC1CCN(C(C)CNCc2ccco2)CC1. The third-order valence-electron chi connectivity index (χ3n) is 3.76. The van der Waals surface area contributed by atoms with Crippen LogP contribution in [0.15, 0.2) is 22.8 Å². The molecule has 0 radical (unpaired) electrons. The van der Waals surface area contributed by atoms with E-state index in [-0.39, 0.29) is 0 Å². The molecule has 1 atom stereocenters. The van der Waals surface area contributed by atoms with E-state index in [0.717, 1.165) is 24.8 Å². The van der Waals surface area contributed by atoms with E-state index in [9.17, 15) is 0 Å². The third-order valence-corrected chi connectivity index (χ3v) is 3.76. The molecule has 1 N–H and O–H groups in total. The van der Waals surface area contributed by atoms with Crippen molar-refractivity contribution < 1.29 is 4.42 Å². The molecule has 1 aromatic rings. The smallest absolute Gasteiger partial charge is 0.117 e. The minimum absolute atomic E-state index is 0.623. The first kappa shape index (κ1) is 12.7. The van der Waals surface area contributed by atoms with Gasteiger partial charge >= 0.3 is 0 Å². The van der Waals surface area contributed by atoms with E-state index in [2.05, 4.69) is 24.1 Å². The standard InChI is InChI=1S/C14H24N2O/c1-12-5-7-16(8-6-12)13(2)10-15-11-14-4-3-9-17-14/h3-4,9,12-13,15H,5-8,10-11H2,1-2H3. The molecule has 1 aliphatic heterocycles. The fraction of sp³-hybridized carbons (Fsp3) is 0.714. The van der Waals surface area contributed by atoms with Gasteiger partial charge in [-0.15, -0.1) is 0 Å². The minimum Gasteiger partial charge on any atom is -0.468 e. The number of rotatable bonds is 5. The fourth-order valence-electron chi connectivity index (χ4n) is 2.42. The fourth-order valence-corrected chi connectivity index (χ4v) is 2.42. The average molecular weight is 236 g/mol. The molecule has 0 bridgehead atoms. The Labute approximate surface area is 104 Å². The maximum absolute atomic E-state index is 5.30. The van der Waals surface area contributed by atoms with Crippen molar-refractivity contribution in [2.75, 3.05) is 19.6 Å². The summed E-state index contributed by atoms with van der Waals surface area (Å²) in [7, 11) is 0. The topological polar surface area (TPSA) is 28.4 Å². The van der Waals surface area contributed by atoms with E-state index in [4.69, 9.17) is 4.42 Å². The Morgan fingerprint density at radius 1 is 1.47 bits per heavy atom. The maximum atomic E-state index is 5.30. The van der Waals surface area contributed by atoms with E-state index < -0.39 is 0 Å². The normalized spacial score (nSPS) is 20.6. The van der Waals surface area contributed by atoms with Gasteiger partial charge in [0.15, 0.2) is 0 Å². The van der Waals surface area contributed by atoms with Crippen molar-refractivity contribution in [3.8, 4) is 0 Å². The quantitative estimate of drug-likeness (QED) is 0.851. The lowest BCUT2D eigenvalue weighted by Gasteiger charge is -2.35. The number of hydrogen-bond acceptors (Lipinski definition) is 3. The van der Waals surface area contributed by atoms with Gasteiger partial charge in [0.05, 0.1) is 12.8 Å². The first-order chi connectivity index (χ1) is 8.25. The van der Waals surface area contributed by atoms with E-state index in [1.165, 1.54) is 25.9 Å². The van der Waals surface area contributed by atoms with Gasteiger partial charge in [0.25, 0.3) is 0 Å². The van der Waals surface area contributed by atoms with Crippen LogP contribution in [0.5, 0.6) is 0 Å². The zero-order chi connectivity index (χ0) is 12.1. The van der Waals surface area contributed by atoms with E-state index in [0.29, 0.717) is 6.04 Å². The second-order valence-corrected chi connectivity index (χ2v) is 5.28. The number of likely N-dealkylation sites (tertiary alicyclic amines) is 1. The summed E-state index contributed by atoms with van der Waals surface area (Å²) in [6.07, 6.45) is 4.43. The molecule has 2 rings (SSSR count). The summed E-state index contributed by atoms with van der Waals surface area (Å²) >= 11 is 0. The second kappa shape index (κ2) is 6.22. The number of furan rings is 1. The molecule has 3 heteroatoms. The van der Waals surface area contributed by atoms with Crippen LogP contribution in [0.4, 0.5) is 0 Å². The van der Waals surface area contributed by atoms with Crippen molar-refractivity contribution in [2.45, 2.75) is 39.3 Å². The molecule has 1 aromatic heterocycles. The summed E-state index contributed by atoms with van der Waals surface area (Å²) in [6.45, 7) is 9.05. The molecule has 0 amide bonds. The summed E-state index contributed by atoms with van der Waals surface area (Å²) in [4.78, 5) is 2.59. The van der Waals surface area contributed by atoms with Gasteiger partial charge in [-0.1, -0.05) is 6.92 Å². The van der Waals surface area contributed by atoms with Crippen molar-refractivity contribution in [3.63, 3.8) is 0 Å². The number of hydrogen-bond donors (Lipinski definition) is 1. The van der Waals surface area contributed by atoms with Gasteiger partial charge in [-0.05, 0) is 50.9 Å². The van der Waals surface area contributed by atoms with Crippen LogP contribution < -0.4 is 5.32 Å². The highest BCUT2D eigenvalue weighted by Crippen LogP contribution is 2.17. The summed E-state index contributed by atoms with van der Waals surface area (Å²) in [5.74, 6) is 1.93. The Morgan fingerprint density at radius 2 is 2.24 bits per heavy atom. The molecule has 96 valence electrons. The average Bonchev–Trinajstić information content (AvgIpc) is 2.83. The van der Waals surface area contributed by atoms with Crippen molar-refractivity contribution >= 4 is 0 Å². The first-order valence-corrected chi connectivity index (χ1v) is 6.73. The Hall–Kier alpha value is -0.800. The van der Waals surface area contributed by atoms with Gasteiger partial charge in [0, 0.05) is 12.6 Å². The minimum atomic E-state index is 0.623. The highest BCUT2D eigenvalue weighted by atomic mass is 16.3. The Bertz CT molecular complexity index is 302. The molecule has 0 saturated carbocycles. The first-order valence-electron chi connectivity index (χ1n) is 6.73. The summed E-state index contributed by atoms with van der Waals surface area (Å²) in [5.41, 5.74) is 0. The summed E-state index contributed by atoms with van der Waals surface area (Å²) in [6, 6.07) is 4.57. The summed E-state index contributed by atoms with van der Waals surface area (Å²) in [5, 5.41) is 3.46. The van der Waals surface area contributed by atoms with Crippen LogP contribution in [0.25, 0.3) is 0 Å². The van der Waals surface area contributed by atoms with Crippen LogP contribution in [0.3, 0.4) is 0 Å². The highest BCUT2D eigenvalue weighted by Gasteiger charge is 2.19. The van der Waals surface area contributed by atoms with Gasteiger partial charge in [-0.25, -0.2) is 0 Å². The molecular weight excluding hydrogens is 212 g/mol. The molecule has 3 nitrogen and oxygen atoms in total. The predicted molar refractivity (Wildman–Crippen MR) is 69.8 cm³/mol. The molecule has 1 saturated heterocycles. The molecule has 0 aliphatic carbocycles. The lowest BCUT2D eigenvalue weighted by atomic mass is 9.98. The monoisotopic (exact) mass is 236 g/mol. The number of nitrogens with one attached hydrogen (secondary N) is 1. The predicted octanol–water partition coefficient (Wildman–Crippen LogP) is 2.49. The van der Waals surface area contributed by atoms with Crippen molar-refractivity contribution in [3.05, 3.63) is 24.2 Å². The maximum Gasteiger partial charge on any atom is 0.117 e. The molecule has 1 fully saturated rings. The van der Waals surface area contributed by atoms with E-state index in [1.807, 2.05) is 12.1 Å². The van der Waals surface area contributed by atoms with Crippen LogP contribution >= 0.6 is 0 Å². The lowest BCUT2D eigenvalue weighted by Crippen LogP contribution is -2.44. The molecule has 2 heterocycles. The molecule has 1 aliphatic rings. The number of piperidine rings is 1. The molecule has 17 heavy (non-hydrogen) atoms. The second-order valence-electron chi connectivity index (χ2n) is 5.28.